The number of hydroxylamine groups is 1. The van der Waals surface area contributed by atoms with Gasteiger partial charge < -0.3 is 19.8 Å². The highest BCUT2D eigenvalue weighted by Gasteiger charge is 2.27. The van der Waals surface area contributed by atoms with Gasteiger partial charge in [0.15, 0.2) is 17.5 Å². The first kappa shape index (κ1) is 36.0. The number of aliphatic carboxylic acids is 1. The third kappa shape index (κ3) is 9.24. The molecule has 0 bridgehead atoms. The molecule has 5 N–H and O–H groups in total. The third-order valence-electron chi connectivity index (χ3n) is 7.93. The second-order valence-electron chi connectivity index (χ2n) is 13.6. The zero-order valence-corrected chi connectivity index (χ0v) is 29.3. The third-order valence-corrected chi connectivity index (χ3v) is 8.69. The van der Waals surface area contributed by atoms with Gasteiger partial charge in [-0.1, -0.05) is 20.8 Å². The summed E-state index contributed by atoms with van der Waals surface area (Å²) < 4.78 is 1.56. The number of carboxylic acid groups (broad SMARTS) is 1. The average molecular weight is 710 g/mol. The Kier molecular flexibility index (Phi) is 10.9. The number of H-pyrrole nitrogens is 1. The molecule has 19 heteroatoms. The number of hydrogen-bond donors (Lipinski definition) is 5. The quantitative estimate of drug-likeness (QED) is 0.105. The number of carbonyl (C=O) groups excluding carboxylic acids is 2. The number of nitrogens with one attached hydrogen (secondary N) is 4. The molecule has 4 aromatic rings. The van der Waals surface area contributed by atoms with E-state index in [1.807, 2.05) is 31.1 Å². The summed E-state index contributed by atoms with van der Waals surface area (Å²) >= 11 is 1.34. The van der Waals surface area contributed by atoms with Crippen molar-refractivity contribution in [3.8, 4) is 0 Å². The van der Waals surface area contributed by atoms with Crippen molar-refractivity contribution in [1.82, 2.24) is 45.8 Å². The second-order valence-corrected chi connectivity index (χ2v) is 14.4. The Morgan fingerprint density at radius 1 is 1.22 bits per heavy atom. The maximum absolute atomic E-state index is 13.9. The molecule has 1 aliphatic rings. The van der Waals surface area contributed by atoms with Gasteiger partial charge in [0.2, 0.25) is 0 Å². The summed E-state index contributed by atoms with van der Waals surface area (Å²) in [5, 5.41) is 30.6. The largest absolute Gasteiger partial charge is 0.477 e. The van der Waals surface area contributed by atoms with Gasteiger partial charge >= 0.3 is 12.0 Å². The fraction of sp³-hybridized carbons (Fsp3) is 0.452. The number of amides is 3. The van der Waals surface area contributed by atoms with Crippen molar-refractivity contribution < 1.29 is 28.8 Å². The predicted molar refractivity (Wildman–Crippen MR) is 186 cm³/mol. The highest BCUT2D eigenvalue weighted by Crippen LogP contribution is 2.27. The van der Waals surface area contributed by atoms with Crippen LogP contribution in [0, 0.1) is 0 Å². The summed E-state index contributed by atoms with van der Waals surface area (Å²) in [5.41, 5.74) is 3.58. The summed E-state index contributed by atoms with van der Waals surface area (Å²) in [6, 6.07) is 2.54. The molecule has 1 unspecified atom stereocenters. The minimum absolute atomic E-state index is 0.0733. The fourth-order valence-corrected chi connectivity index (χ4v) is 6.16. The van der Waals surface area contributed by atoms with Crippen molar-refractivity contribution in [2.75, 3.05) is 57.0 Å². The molecule has 1 aliphatic heterocycles. The molecule has 0 aromatic carbocycles. The molecule has 266 valence electrons. The minimum atomic E-state index is -0.922. The first-order valence-corrected chi connectivity index (χ1v) is 16.8. The number of aromatic nitrogens is 7. The van der Waals surface area contributed by atoms with E-state index in [-0.39, 0.29) is 45.7 Å². The predicted octanol–water partition coefficient (Wildman–Crippen LogP) is 1.74. The second kappa shape index (κ2) is 15.1. The van der Waals surface area contributed by atoms with Crippen LogP contribution in [0.4, 0.5) is 15.7 Å². The molecule has 1 atom stereocenters. The van der Waals surface area contributed by atoms with Crippen LogP contribution in [0.5, 0.6) is 0 Å². The van der Waals surface area contributed by atoms with Crippen molar-refractivity contribution in [3.63, 3.8) is 0 Å². The molecule has 1 saturated heterocycles. The molecule has 5 rings (SSSR count). The molecular formula is C31H41N12O6S+. The van der Waals surface area contributed by atoms with Gasteiger partial charge in [0.25, 0.3) is 11.5 Å². The van der Waals surface area contributed by atoms with E-state index in [0.29, 0.717) is 54.8 Å². The monoisotopic (exact) mass is 709 g/mol. The molecule has 1 fully saturated rings. The Balaban J connectivity index is 1.34. The molecule has 18 nitrogen and oxygen atoms in total. The number of nitrogens with zero attached hydrogens (tertiary/aromatic N) is 8. The number of thiazole rings is 1. The number of tetrazole rings is 1. The van der Waals surface area contributed by atoms with Crippen molar-refractivity contribution in [3.05, 3.63) is 56.7 Å². The molecule has 0 radical (unpaired) electrons. The van der Waals surface area contributed by atoms with Crippen LogP contribution in [0.25, 0.3) is 17.8 Å². The molecular weight excluding hydrogens is 668 g/mol. The summed E-state index contributed by atoms with van der Waals surface area (Å²) in [5.74, 6) is -0.610. The Hall–Kier alpha value is -5.27. The number of rotatable bonds is 12. The van der Waals surface area contributed by atoms with E-state index in [0.717, 1.165) is 5.69 Å². The molecule has 50 heavy (non-hydrogen) atoms. The number of carboxylic acids is 1. The number of fused-ring (bicyclic) bond motifs is 1. The zero-order chi connectivity index (χ0) is 36.1. The van der Waals surface area contributed by atoms with Crippen molar-refractivity contribution >= 4 is 58.0 Å². The van der Waals surface area contributed by atoms with Crippen LogP contribution in [0.15, 0.2) is 28.5 Å². The normalized spacial score (nSPS) is 15.4. The van der Waals surface area contributed by atoms with Gasteiger partial charge in [-0.05, 0) is 47.6 Å². The van der Waals surface area contributed by atoms with Gasteiger partial charge in [0.1, 0.15) is 17.6 Å². The Bertz CT molecular complexity index is 1930. The minimum Gasteiger partial charge on any atom is -0.477 e. The van der Waals surface area contributed by atoms with Crippen LogP contribution in [0.3, 0.4) is 0 Å². The lowest BCUT2D eigenvalue weighted by Crippen LogP contribution is -2.50. The van der Waals surface area contributed by atoms with E-state index in [4.69, 9.17) is 14.9 Å². The molecule has 5 heterocycles. The molecule has 4 aromatic heterocycles. The van der Waals surface area contributed by atoms with Gasteiger partial charge in [-0.2, -0.15) is 0 Å². The lowest BCUT2D eigenvalue weighted by Gasteiger charge is -2.33. The lowest BCUT2D eigenvalue weighted by atomic mass is 9.93. The molecule has 0 aliphatic carbocycles. The first-order chi connectivity index (χ1) is 23.7. The maximum Gasteiger partial charge on any atom is 0.359 e. The van der Waals surface area contributed by atoms with Crippen LogP contribution in [0.2, 0.25) is 0 Å². The summed E-state index contributed by atoms with van der Waals surface area (Å²) in [7, 11) is 3.53. The lowest BCUT2D eigenvalue weighted by molar-refractivity contribution is -0.881. The number of anilines is 2. The fourth-order valence-electron chi connectivity index (χ4n) is 5.23. The van der Waals surface area contributed by atoms with E-state index >= 15 is 0 Å². The maximum atomic E-state index is 13.9. The molecule has 0 spiro atoms. The van der Waals surface area contributed by atoms with Crippen LogP contribution in [0.1, 0.15) is 61.1 Å². The van der Waals surface area contributed by atoms with Gasteiger partial charge in [0.05, 0.1) is 38.4 Å². The average Bonchev–Trinajstić information content (AvgIpc) is 3.75. The number of aromatic amines is 1. The summed E-state index contributed by atoms with van der Waals surface area (Å²) in [6.07, 6.45) is 5.53. The first-order valence-electron chi connectivity index (χ1n) is 15.9. The van der Waals surface area contributed by atoms with Gasteiger partial charge in [0, 0.05) is 35.6 Å². The topological polar surface area (TPSA) is 222 Å². The van der Waals surface area contributed by atoms with E-state index < -0.39 is 18.1 Å². The Labute approximate surface area is 291 Å². The van der Waals surface area contributed by atoms with Gasteiger partial charge in [-0.15, -0.1) is 16.4 Å². The van der Waals surface area contributed by atoms with Crippen LogP contribution < -0.4 is 26.6 Å². The highest BCUT2D eigenvalue weighted by atomic mass is 32.1. The van der Waals surface area contributed by atoms with Crippen LogP contribution >= 0.6 is 11.3 Å². The van der Waals surface area contributed by atoms with Crippen LogP contribution in [-0.4, -0.2) is 115 Å². The Morgan fingerprint density at radius 3 is 2.72 bits per heavy atom. The number of likely N-dealkylation sites (N-methyl/N-ethyl adjacent to an activating group) is 1. The summed E-state index contributed by atoms with van der Waals surface area (Å²) in [6.45, 7) is 7.57. The smallest absolute Gasteiger partial charge is 0.359 e. The number of urea groups is 1. The number of hydrogen-bond acceptors (Lipinski definition) is 12. The standard InChI is InChI=1S/C31H40N12O6S/c1-31(2,3)22-18-50-30(33-22)35-27(46)19-10-13-42-24(15-19)34-26(21(28(42)47)8-9-23-36-39-40-37-23)41-12-6-7-20(16-41)49-38-29(48)32-11-14-43(4,5)17-25(44)45/h8-10,13,15,18,20H,6-7,11-12,14,16-17H2,1-5H3,(H4-,32,33,35,36,37,38,39,40,44,45,46,48)/p+1. The van der Waals surface area contributed by atoms with Crippen molar-refractivity contribution in [2.45, 2.75) is 45.1 Å². The zero-order valence-electron chi connectivity index (χ0n) is 28.5. The van der Waals surface area contributed by atoms with Crippen LogP contribution in [-0.2, 0) is 15.0 Å². The molecule has 3 amide bonds. The van der Waals surface area contributed by atoms with E-state index in [9.17, 15) is 19.2 Å². The van der Waals surface area contributed by atoms with Gasteiger partial charge in [-0.3, -0.25) is 24.1 Å². The highest BCUT2D eigenvalue weighted by molar-refractivity contribution is 7.14. The summed E-state index contributed by atoms with van der Waals surface area (Å²) in [4.78, 5) is 67.6. The SMILES string of the molecule is CC(C)(C)c1csc(NC(=O)c2ccn3c(=O)c(C=Cc4nnn[nH]4)c(N4CCCC(ONC(=O)NCC[N+](C)(C)CC(=O)O)C4)nc3c2)n1. The van der Waals surface area contributed by atoms with Crippen molar-refractivity contribution in [2.24, 2.45) is 0 Å². The number of carbonyl (C=O) groups is 3. The Morgan fingerprint density at radius 2 is 2.02 bits per heavy atom. The van der Waals surface area contributed by atoms with E-state index in [1.165, 1.54) is 21.9 Å². The molecule has 0 saturated carbocycles. The van der Waals surface area contributed by atoms with Crippen molar-refractivity contribution in [1.29, 1.82) is 0 Å². The number of pyridine rings is 1. The van der Waals surface area contributed by atoms with E-state index in [2.05, 4.69) is 41.7 Å². The van der Waals surface area contributed by atoms with Gasteiger partial charge in [-0.25, -0.2) is 30.1 Å². The number of quaternary nitrogens is 1. The van der Waals surface area contributed by atoms with E-state index in [1.54, 1.807) is 38.4 Å². The number of piperidine rings is 1.